The first-order valence-electron chi connectivity index (χ1n) is 7.21. The molecule has 2 aliphatic rings. The number of nitrogens with one attached hydrogen (secondary N) is 1. The highest BCUT2D eigenvalue weighted by molar-refractivity contribution is 7.89. The minimum absolute atomic E-state index is 0.182. The summed E-state index contributed by atoms with van der Waals surface area (Å²) in [6.07, 6.45) is 4.97. The molecule has 1 N–H and O–H groups in total. The van der Waals surface area contributed by atoms with Crippen LogP contribution in [0.15, 0.2) is 23.1 Å². The quantitative estimate of drug-likeness (QED) is 0.929. The fourth-order valence-corrected chi connectivity index (χ4v) is 5.15. The van der Waals surface area contributed by atoms with E-state index in [0.717, 1.165) is 12.3 Å². The van der Waals surface area contributed by atoms with Gasteiger partial charge in [0, 0.05) is 6.54 Å². The van der Waals surface area contributed by atoms with Gasteiger partial charge in [-0.1, -0.05) is 6.42 Å². The Bertz CT molecular complexity index is 614. The van der Waals surface area contributed by atoms with Gasteiger partial charge in [-0.15, -0.1) is 0 Å². The van der Waals surface area contributed by atoms with Gasteiger partial charge in [-0.3, -0.25) is 0 Å². The fraction of sp³-hybridized carbons (Fsp3) is 0.600. The Kier molecular flexibility index (Phi) is 3.58. The summed E-state index contributed by atoms with van der Waals surface area (Å²) in [5, 5.41) is 0. The molecule has 110 valence electrons. The zero-order valence-electron chi connectivity index (χ0n) is 11.6. The standard InChI is InChI=1S/C15H20FNO2S/c1-10-6-14(16)4-5-15(10)20(18,19)17-9-13-8-11-2-3-12(13)7-11/h4-6,11-13,17H,2-3,7-9H2,1H3/t11-,12-,13-/m0/s1. The van der Waals surface area contributed by atoms with Gasteiger partial charge in [-0.05, 0) is 67.7 Å². The Morgan fingerprint density at radius 2 is 2.10 bits per heavy atom. The van der Waals surface area contributed by atoms with Crippen molar-refractivity contribution in [3.05, 3.63) is 29.6 Å². The number of hydrogen-bond donors (Lipinski definition) is 1. The van der Waals surface area contributed by atoms with Gasteiger partial charge in [0.1, 0.15) is 5.82 Å². The van der Waals surface area contributed by atoms with E-state index in [0.29, 0.717) is 23.9 Å². The van der Waals surface area contributed by atoms with Crippen molar-refractivity contribution in [3.8, 4) is 0 Å². The smallest absolute Gasteiger partial charge is 0.211 e. The average molecular weight is 297 g/mol. The predicted molar refractivity (Wildman–Crippen MR) is 75.3 cm³/mol. The lowest BCUT2D eigenvalue weighted by molar-refractivity contribution is 0.333. The first-order valence-corrected chi connectivity index (χ1v) is 8.70. The molecule has 2 saturated carbocycles. The largest absolute Gasteiger partial charge is 0.240 e. The van der Waals surface area contributed by atoms with E-state index < -0.39 is 15.8 Å². The van der Waals surface area contributed by atoms with E-state index in [2.05, 4.69) is 4.72 Å². The van der Waals surface area contributed by atoms with Crippen LogP contribution >= 0.6 is 0 Å². The lowest BCUT2D eigenvalue weighted by Crippen LogP contribution is -2.32. The molecule has 2 aliphatic carbocycles. The number of rotatable bonds is 4. The van der Waals surface area contributed by atoms with Crippen molar-refractivity contribution in [1.29, 1.82) is 0 Å². The summed E-state index contributed by atoms with van der Waals surface area (Å²) in [6.45, 7) is 2.13. The molecule has 5 heteroatoms. The molecule has 0 spiro atoms. The summed E-state index contributed by atoms with van der Waals surface area (Å²) in [4.78, 5) is 0.182. The summed E-state index contributed by atoms with van der Waals surface area (Å²) >= 11 is 0. The molecule has 0 heterocycles. The third-order valence-electron chi connectivity index (χ3n) is 4.85. The summed E-state index contributed by atoms with van der Waals surface area (Å²) in [5.41, 5.74) is 0.449. The van der Waals surface area contributed by atoms with Crippen LogP contribution in [0.1, 0.15) is 31.2 Å². The van der Waals surface area contributed by atoms with Gasteiger partial charge >= 0.3 is 0 Å². The monoisotopic (exact) mass is 297 g/mol. The normalized spacial score (nSPS) is 29.0. The Morgan fingerprint density at radius 1 is 1.30 bits per heavy atom. The van der Waals surface area contributed by atoms with Crippen molar-refractivity contribution in [2.24, 2.45) is 17.8 Å². The molecule has 0 unspecified atom stereocenters. The molecule has 1 aromatic rings. The maximum atomic E-state index is 13.1. The summed E-state index contributed by atoms with van der Waals surface area (Å²) < 4.78 is 40.4. The summed E-state index contributed by atoms with van der Waals surface area (Å²) in [7, 11) is -3.53. The molecule has 0 aliphatic heterocycles. The summed E-state index contributed by atoms with van der Waals surface area (Å²) in [5.74, 6) is 1.57. The molecule has 2 bridgehead atoms. The highest BCUT2D eigenvalue weighted by Crippen LogP contribution is 2.48. The maximum absolute atomic E-state index is 13.1. The van der Waals surface area contributed by atoms with Crippen LogP contribution in [0.5, 0.6) is 0 Å². The molecule has 0 aromatic heterocycles. The molecule has 2 fully saturated rings. The average Bonchev–Trinajstić information content (AvgIpc) is 2.98. The van der Waals surface area contributed by atoms with E-state index in [-0.39, 0.29) is 4.90 Å². The van der Waals surface area contributed by atoms with Crippen molar-refractivity contribution < 1.29 is 12.8 Å². The number of benzene rings is 1. The third-order valence-corrected chi connectivity index (χ3v) is 6.43. The van der Waals surface area contributed by atoms with Crippen LogP contribution in [0.25, 0.3) is 0 Å². The topological polar surface area (TPSA) is 46.2 Å². The minimum atomic E-state index is -3.53. The van der Waals surface area contributed by atoms with E-state index in [1.54, 1.807) is 6.92 Å². The van der Waals surface area contributed by atoms with E-state index >= 15 is 0 Å². The van der Waals surface area contributed by atoms with Crippen LogP contribution in [0, 0.1) is 30.5 Å². The van der Waals surface area contributed by atoms with Crippen molar-refractivity contribution in [3.63, 3.8) is 0 Å². The third kappa shape index (κ3) is 2.61. The minimum Gasteiger partial charge on any atom is -0.211 e. The van der Waals surface area contributed by atoms with Crippen LogP contribution in [0.4, 0.5) is 4.39 Å². The second-order valence-electron chi connectivity index (χ2n) is 6.20. The van der Waals surface area contributed by atoms with Crippen LogP contribution in [-0.4, -0.2) is 15.0 Å². The molecule has 3 atom stereocenters. The molecule has 1 aromatic carbocycles. The number of sulfonamides is 1. The second-order valence-corrected chi connectivity index (χ2v) is 7.93. The highest BCUT2D eigenvalue weighted by atomic mass is 32.2. The van der Waals surface area contributed by atoms with Gasteiger partial charge in [0.15, 0.2) is 0 Å². The first-order chi connectivity index (χ1) is 9.45. The lowest BCUT2D eigenvalue weighted by atomic mass is 9.89. The Morgan fingerprint density at radius 3 is 2.70 bits per heavy atom. The molecular formula is C15H20FNO2S. The number of hydrogen-bond acceptors (Lipinski definition) is 2. The zero-order valence-corrected chi connectivity index (χ0v) is 12.4. The van der Waals surface area contributed by atoms with Crippen molar-refractivity contribution in [2.45, 2.75) is 37.5 Å². The van der Waals surface area contributed by atoms with Crippen LogP contribution < -0.4 is 4.72 Å². The molecule has 3 nitrogen and oxygen atoms in total. The van der Waals surface area contributed by atoms with Crippen molar-refractivity contribution in [1.82, 2.24) is 4.72 Å². The Labute approximate surface area is 119 Å². The summed E-state index contributed by atoms with van der Waals surface area (Å²) in [6, 6.07) is 3.79. The zero-order chi connectivity index (χ0) is 14.3. The van der Waals surface area contributed by atoms with E-state index in [1.165, 1.54) is 37.5 Å². The molecule has 0 saturated heterocycles. The van der Waals surface area contributed by atoms with Gasteiger partial charge in [-0.25, -0.2) is 17.5 Å². The Balaban J connectivity index is 1.69. The van der Waals surface area contributed by atoms with Gasteiger partial charge in [0.2, 0.25) is 10.0 Å². The fourth-order valence-electron chi connectivity index (χ4n) is 3.84. The molecule has 3 rings (SSSR count). The van der Waals surface area contributed by atoms with Gasteiger partial charge in [-0.2, -0.15) is 0 Å². The SMILES string of the molecule is Cc1cc(F)ccc1S(=O)(=O)NC[C@@H]1C[C@H]2CC[C@H]1C2. The Hall–Kier alpha value is -0.940. The van der Waals surface area contributed by atoms with Gasteiger partial charge in [0.05, 0.1) is 4.90 Å². The van der Waals surface area contributed by atoms with Crippen LogP contribution in [0.3, 0.4) is 0 Å². The molecule has 0 amide bonds. The second kappa shape index (κ2) is 5.11. The molecular weight excluding hydrogens is 277 g/mol. The van der Waals surface area contributed by atoms with Crippen LogP contribution in [-0.2, 0) is 10.0 Å². The molecule has 0 radical (unpaired) electrons. The number of fused-ring (bicyclic) bond motifs is 2. The van der Waals surface area contributed by atoms with Gasteiger partial charge < -0.3 is 0 Å². The van der Waals surface area contributed by atoms with Crippen molar-refractivity contribution in [2.75, 3.05) is 6.54 Å². The molecule has 20 heavy (non-hydrogen) atoms. The van der Waals surface area contributed by atoms with E-state index in [1.807, 2.05) is 0 Å². The number of halogens is 1. The lowest BCUT2D eigenvalue weighted by Gasteiger charge is -2.22. The first kappa shape index (κ1) is 14.0. The van der Waals surface area contributed by atoms with Gasteiger partial charge in [0.25, 0.3) is 0 Å². The van der Waals surface area contributed by atoms with Crippen LogP contribution in [0.2, 0.25) is 0 Å². The highest BCUT2D eigenvalue weighted by Gasteiger charge is 2.39. The van der Waals surface area contributed by atoms with Crippen molar-refractivity contribution >= 4 is 10.0 Å². The predicted octanol–water partition coefficient (Wildman–Crippen LogP) is 2.85. The number of aryl methyl sites for hydroxylation is 1. The van der Waals surface area contributed by atoms with E-state index in [4.69, 9.17) is 0 Å². The van der Waals surface area contributed by atoms with E-state index in [9.17, 15) is 12.8 Å². The maximum Gasteiger partial charge on any atom is 0.240 e.